The average Bonchev–Trinajstić information content (AvgIpc) is 3.55. The van der Waals surface area contributed by atoms with E-state index in [1.165, 1.54) is 33.0 Å². The lowest BCUT2D eigenvalue weighted by atomic mass is 9.98. The number of nitrogens with zero attached hydrogens (tertiary/aromatic N) is 1. The first-order chi connectivity index (χ1) is 23.8. The minimum atomic E-state index is 0.884. The summed E-state index contributed by atoms with van der Waals surface area (Å²) in [6.45, 7) is 0. The zero-order valence-electron chi connectivity index (χ0n) is 26.3. The van der Waals surface area contributed by atoms with Crippen molar-refractivity contribution in [2.45, 2.75) is 0 Å². The van der Waals surface area contributed by atoms with E-state index in [9.17, 15) is 0 Å². The summed E-state index contributed by atoms with van der Waals surface area (Å²) in [4.78, 5) is 2.37. The van der Waals surface area contributed by atoms with Crippen LogP contribution in [0.4, 0.5) is 17.1 Å². The Kier molecular flexibility index (Phi) is 6.84. The Bertz CT molecular complexity index is 2530. The number of benzene rings is 8. The molecule has 0 N–H and O–H groups in total. The van der Waals surface area contributed by atoms with E-state index in [4.69, 9.17) is 4.42 Å². The average molecular weight is 614 g/mol. The number of fused-ring (bicyclic) bond motifs is 5. The Morgan fingerprint density at radius 1 is 0.354 bits per heavy atom. The third kappa shape index (κ3) is 4.92. The van der Waals surface area contributed by atoms with Crippen LogP contribution in [0.15, 0.2) is 192 Å². The van der Waals surface area contributed by atoms with E-state index in [2.05, 4.69) is 193 Å². The maximum atomic E-state index is 6.39. The van der Waals surface area contributed by atoms with Crippen LogP contribution in [0.3, 0.4) is 0 Å². The molecule has 0 saturated carbocycles. The summed E-state index contributed by atoms with van der Waals surface area (Å²) < 4.78 is 6.39. The molecule has 0 aliphatic carbocycles. The molecule has 0 saturated heterocycles. The van der Waals surface area contributed by atoms with Gasteiger partial charge in [0.1, 0.15) is 11.2 Å². The highest BCUT2D eigenvalue weighted by atomic mass is 16.3. The van der Waals surface area contributed by atoms with E-state index in [0.717, 1.165) is 50.1 Å². The molecule has 226 valence electrons. The smallest absolute Gasteiger partial charge is 0.136 e. The zero-order chi connectivity index (χ0) is 31.9. The van der Waals surface area contributed by atoms with Gasteiger partial charge in [-0.15, -0.1) is 0 Å². The van der Waals surface area contributed by atoms with Crippen LogP contribution in [-0.2, 0) is 0 Å². The van der Waals surface area contributed by atoms with Crippen molar-refractivity contribution >= 4 is 49.8 Å². The summed E-state index contributed by atoms with van der Waals surface area (Å²) in [5, 5.41) is 4.66. The molecule has 0 aliphatic rings. The van der Waals surface area contributed by atoms with Crippen molar-refractivity contribution < 1.29 is 4.42 Å². The second-order valence-corrected chi connectivity index (χ2v) is 12.2. The monoisotopic (exact) mass is 613 g/mol. The van der Waals surface area contributed by atoms with Gasteiger partial charge in [-0.3, -0.25) is 0 Å². The molecule has 0 atom stereocenters. The van der Waals surface area contributed by atoms with E-state index < -0.39 is 0 Å². The van der Waals surface area contributed by atoms with Crippen LogP contribution in [0.5, 0.6) is 0 Å². The summed E-state index contributed by atoms with van der Waals surface area (Å²) in [7, 11) is 0. The largest absolute Gasteiger partial charge is 0.456 e. The van der Waals surface area contributed by atoms with E-state index in [1.807, 2.05) is 0 Å². The molecule has 0 aliphatic heterocycles. The number of anilines is 3. The second kappa shape index (κ2) is 11.8. The third-order valence-electron chi connectivity index (χ3n) is 9.28. The maximum Gasteiger partial charge on any atom is 0.136 e. The van der Waals surface area contributed by atoms with Gasteiger partial charge in [0.05, 0.1) is 5.69 Å². The quantitative estimate of drug-likeness (QED) is 0.185. The number of rotatable bonds is 6. The van der Waals surface area contributed by atoms with Crippen LogP contribution < -0.4 is 4.90 Å². The Morgan fingerprint density at radius 2 is 0.896 bits per heavy atom. The van der Waals surface area contributed by atoms with Crippen molar-refractivity contribution in [1.29, 1.82) is 0 Å². The van der Waals surface area contributed by atoms with Crippen LogP contribution in [0.1, 0.15) is 0 Å². The highest BCUT2D eigenvalue weighted by Crippen LogP contribution is 2.44. The fourth-order valence-corrected chi connectivity index (χ4v) is 6.92. The van der Waals surface area contributed by atoms with Crippen LogP contribution in [0.2, 0.25) is 0 Å². The SMILES string of the molecule is c1ccc(-c2ccc(-c3ccccc3N(c3ccc(-c4ccccc4)cc3)c3ccc4oc5ccc6ccccc6c5c4c3)cc2)cc1. The summed E-state index contributed by atoms with van der Waals surface area (Å²) in [6.07, 6.45) is 0. The molecule has 0 fully saturated rings. The number of furan rings is 1. The molecule has 1 heterocycles. The van der Waals surface area contributed by atoms with Crippen molar-refractivity contribution in [1.82, 2.24) is 0 Å². The summed E-state index contributed by atoms with van der Waals surface area (Å²) in [5.74, 6) is 0. The summed E-state index contributed by atoms with van der Waals surface area (Å²) >= 11 is 0. The van der Waals surface area contributed by atoms with Crippen LogP contribution in [0.25, 0.3) is 66.1 Å². The maximum absolute atomic E-state index is 6.39. The Morgan fingerprint density at radius 3 is 1.62 bits per heavy atom. The summed E-state index contributed by atoms with van der Waals surface area (Å²) in [6, 6.07) is 66.9. The molecule has 1 aromatic heterocycles. The van der Waals surface area contributed by atoms with Gasteiger partial charge in [-0.05, 0) is 81.1 Å². The first kappa shape index (κ1) is 27.9. The molecule has 8 aromatic carbocycles. The molecule has 0 spiro atoms. The van der Waals surface area contributed by atoms with Gasteiger partial charge in [-0.1, -0.05) is 146 Å². The lowest BCUT2D eigenvalue weighted by Crippen LogP contribution is -2.11. The second-order valence-electron chi connectivity index (χ2n) is 12.2. The van der Waals surface area contributed by atoms with Crippen molar-refractivity contribution in [3.63, 3.8) is 0 Å². The third-order valence-corrected chi connectivity index (χ3v) is 9.28. The Labute approximate surface area is 279 Å². The molecule has 0 amide bonds. The van der Waals surface area contributed by atoms with Crippen molar-refractivity contribution in [3.05, 3.63) is 188 Å². The number of para-hydroxylation sites is 1. The zero-order valence-corrected chi connectivity index (χ0v) is 26.3. The van der Waals surface area contributed by atoms with Crippen LogP contribution in [0, 0.1) is 0 Å². The highest BCUT2D eigenvalue weighted by Gasteiger charge is 2.20. The van der Waals surface area contributed by atoms with Gasteiger partial charge in [0.2, 0.25) is 0 Å². The van der Waals surface area contributed by atoms with Crippen molar-refractivity contribution in [3.8, 4) is 33.4 Å². The first-order valence-electron chi connectivity index (χ1n) is 16.3. The molecule has 0 unspecified atom stereocenters. The Hall–Kier alpha value is -6.38. The van der Waals surface area contributed by atoms with Gasteiger partial charge in [-0.25, -0.2) is 0 Å². The predicted molar refractivity (Wildman–Crippen MR) is 202 cm³/mol. The molecule has 48 heavy (non-hydrogen) atoms. The first-order valence-corrected chi connectivity index (χ1v) is 16.3. The molecule has 2 nitrogen and oxygen atoms in total. The lowest BCUT2D eigenvalue weighted by Gasteiger charge is -2.28. The van der Waals surface area contributed by atoms with Gasteiger partial charge in [-0.2, -0.15) is 0 Å². The molecular weight excluding hydrogens is 583 g/mol. The molecule has 2 heteroatoms. The summed E-state index contributed by atoms with van der Waals surface area (Å²) in [5.41, 5.74) is 12.2. The standard InChI is InChI=1S/C46H31NO/c1-3-11-32(12-4-1)34-19-21-37(22-20-34)40-16-9-10-18-43(40)47(38-26-23-35(24-27-38)33-13-5-2-6-14-33)39-28-30-44-42(31-39)46-41-17-8-7-15-36(41)25-29-45(46)48-44/h1-31H. The fourth-order valence-electron chi connectivity index (χ4n) is 6.92. The van der Waals surface area contributed by atoms with Crippen molar-refractivity contribution in [2.75, 3.05) is 4.90 Å². The molecule has 9 aromatic rings. The predicted octanol–water partition coefficient (Wildman–Crippen LogP) is 13.2. The highest BCUT2D eigenvalue weighted by molar-refractivity contribution is 6.19. The van der Waals surface area contributed by atoms with E-state index >= 15 is 0 Å². The number of hydrogen-bond acceptors (Lipinski definition) is 2. The van der Waals surface area contributed by atoms with Gasteiger partial charge >= 0.3 is 0 Å². The number of hydrogen-bond donors (Lipinski definition) is 0. The van der Waals surface area contributed by atoms with Gasteiger partial charge in [0.15, 0.2) is 0 Å². The molecular formula is C46H31NO. The Balaban J connectivity index is 1.23. The minimum absolute atomic E-state index is 0.884. The van der Waals surface area contributed by atoms with Gasteiger partial charge in [0, 0.05) is 27.7 Å². The van der Waals surface area contributed by atoms with Gasteiger partial charge in [0.25, 0.3) is 0 Å². The fraction of sp³-hybridized carbons (Fsp3) is 0. The van der Waals surface area contributed by atoms with E-state index in [-0.39, 0.29) is 0 Å². The van der Waals surface area contributed by atoms with Gasteiger partial charge < -0.3 is 9.32 Å². The van der Waals surface area contributed by atoms with Crippen LogP contribution >= 0.6 is 0 Å². The van der Waals surface area contributed by atoms with E-state index in [0.29, 0.717) is 0 Å². The molecule has 0 bridgehead atoms. The van der Waals surface area contributed by atoms with Crippen molar-refractivity contribution in [2.24, 2.45) is 0 Å². The molecule has 9 rings (SSSR count). The molecule has 0 radical (unpaired) electrons. The normalized spacial score (nSPS) is 11.3. The topological polar surface area (TPSA) is 16.4 Å². The minimum Gasteiger partial charge on any atom is -0.456 e. The van der Waals surface area contributed by atoms with E-state index in [1.54, 1.807) is 0 Å². The lowest BCUT2D eigenvalue weighted by molar-refractivity contribution is 0.669. The van der Waals surface area contributed by atoms with Crippen LogP contribution in [-0.4, -0.2) is 0 Å².